The Hall–Kier alpha value is -9.13. The summed E-state index contributed by atoms with van der Waals surface area (Å²) in [4.78, 5) is 0. The molecule has 0 radical (unpaired) electrons. The molecule has 2 aromatic heterocycles. The number of halogens is 6. The Morgan fingerprint density at radius 2 is 0.632 bits per heavy atom. The van der Waals surface area contributed by atoms with E-state index in [1.807, 2.05) is 182 Å². The average molecular weight is 1010 g/mol. The summed E-state index contributed by atoms with van der Waals surface area (Å²) in [5, 5.41) is 14.9. The van der Waals surface area contributed by atoms with Crippen LogP contribution in [0.5, 0.6) is 0 Å². The molecule has 0 aliphatic rings. The molecule has 3 nitrogen and oxygen atoms in total. The van der Waals surface area contributed by atoms with Gasteiger partial charge in [0.05, 0.1) is 44.6 Å². The molecule has 0 aliphatic heterocycles. The molecular weight excluding hydrogens is 961 g/mol. The second-order valence-corrected chi connectivity index (χ2v) is 19.6. The predicted octanol–water partition coefficient (Wildman–Crippen LogP) is 19.4. The number of hydrogen-bond acceptors (Lipinski definition) is 1. The summed E-state index contributed by atoms with van der Waals surface area (Å²) in [5.41, 5.74) is 10.1. The predicted molar refractivity (Wildman–Crippen MR) is 296 cm³/mol. The third-order valence-corrected chi connectivity index (χ3v) is 15.0. The molecule has 0 spiro atoms. The van der Waals surface area contributed by atoms with Crippen molar-refractivity contribution in [1.29, 1.82) is 5.26 Å². The summed E-state index contributed by atoms with van der Waals surface area (Å²) in [6, 6.07) is 63.1. The van der Waals surface area contributed by atoms with Gasteiger partial charge in [0.2, 0.25) is 0 Å². The highest BCUT2D eigenvalue weighted by Crippen LogP contribution is 2.49. The van der Waals surface area contributed by atoms with Crippen molar-refractivity contribution in [2.75, 3.05) is 0 Å². The number of alkyl halides is 6. The van der Waals surface area contributed by atoms with Crippen LogP contribution in [0.15, 0.2) is 200 Å². The van der Waals surface area contributed by atoms with Gasteiger partial charge in [-0.3, -0.25) is 0 Å². The molecule has 370 valence electrons. The smallest absolute Gasteiger partial charge is 0.308 e. The largest absolute Gasteiger partial charge is 0.417 e. The summed E-state index contributed by atoms with van der Waals surface area (Å²) in [6.07, 6.45) is -10.4. The van der Waals surface area contributed by atoms with Crippen molar-refractivity contribution >= 4 is 43.6 Å². The number of rotatable bonds is 7. The minimum absolute atomic E-state index is 0.0383. The van der Waals surface area contributed by atoms with Crippen LogP contribution in [0, 0.1) is 39.0 Å². The maximum absolute atomic E-state index is 15.4. The van der Waals surface area contributed by atoms with E-state index in [2.05, 4.69) is 30.3 Å². The molecule has 0 saturated heterocycles. The van der Waals surface area contributed by atoms with Gasteiger partial charge in [-0.05, 0) is 173 Å². The lowest BCUT2D eigenvalue weighted by Gasteiger charge is -2.22. The molecular formula is C67H45F6N3. The summed E-state index contributed by atoms with van der Waals surface area (Å²) >= 11 is 0. The van der Waals surface area contributed by atoms with Crippen molar-refractivity contribution in [2.45, 2.75) is 40.0 Å². The van der Waals surface area contributed by atoms with Crippen molar-refractivity contribution in [3.05, 3.63) is 239 Å². The van der Waals surface area contributed by atoms with Gasteiger partial charge in [0.25, 0.3) is 0 Å². The number of aromatic nitrogens is 2. The lowest BCUT2D eigenvalue weighted by atomic mass is 9.91. The molecule has 76 heavy (non-hydrogen) atoms. The van der Waals surface area contributed by atoms with Gasteiger partial charge in [-0.15, -0.1) is 0 Å². The lowest BCUT2D eigenvalue weighted by Crippen LogP contribution is -2.15. The maximum Gasteiger partial charge on any atom is 0.417 e. The maximum atomic E-state index is 15.4. The second kappa shape index (κ2) is 18.1. The van der Waals surface area contributed by atoms with Gasteiger partial charge in [-0.2, -0.15) is 31.6 Å². The van der Waals surface area contributed by atoms with Crippen molar-refractivity contribution in [1.82, 2.24) is 9.13 Å². The minimum Gasteiger partial charge on any atom is -0.308 e. The number of nitrogens with zero attached hydrogens (tertiary/aromatic N) is 3. The summed E-state index contributed by atoms with van der Waals surface area (Å²) in [7, 11) is 0. The van der Waals surface area contributed by atoms with Crippen LogP contribution in [0.1, 0.15) is 38.9 Å². The Labute approximate surface area is 434 Å². The van der Waals surface area contributed by atoms with Crippen molar-refractivity contribution in [2.24, 2.45) is 0 Å². The first-order valence-electron chi connectivity index (χ1n) is 24.9. The number of hydrogen-bond donors (Lipinski definition) is 0. The van der Waals surface area contributed by atoms with Crippen LogP contribution < -0.4 is 0 Å². The second-order valence-electron chi connectivity index (χ2n) is 19.6. The fourth-order valence-electron chi connectivity index (χ4n) is 11.4. The van der Waals surface area contributed by atoms with E-state index in [0.29, 0.717) is 34.2 Å². The van der Waals surface area contributed by atoms with Crippen molar-refractivity contribution in [3.63, 3.8) is 0 Å². The van der Waals surface area contributed by atoms with E-state index >= 15 is 26.3 Å². The van der Waals surface area contributed by atoms with Gasteiger partial charge >= 0.3 is 12.4 Å². The van der Waals surface area contributed by atoms with Crippen LogP contribution in [-0.2, 0) is 12.4 Å². The Bertz CT molecular complexity index is 3920. The number of benzene rings is 10. The first-order valence-corrected chi connectivity index (χ1v) is 24.9. The Balaban J connectivity index is 1.24. The van der Waals surface area contributed by atoms with E-state index in [-0.39, 0.29) is 22.5 Å². The Kier molecular flexibility index (Phi) is 11.4. The molecule has 10 aromatic carbocycles. The zero-order valence-electron chi connectivity index (χ0n) is 41.7. The first-order chi connectivity index (χ1) is 36.6. The van der Waals surface area contributed by atoms with E-state index in [1.165, 1.54) is 12.1 Å². The van der Waals surface area contributed by atoms with E-state index in [1.54, 1.807) is 0 Å². The van der Waals surface area contributed by atoms with Gasteiger partial charge in [0.1, 0.15) is 11.6 Å². The molecule has 0 aliphatic carbocycles. The SMILES string of the molecule is Cc1ccccc1-c1ccc2c(c1)c1cc(-c3ccccc3C)ccc1n2-c1cc(-c2c(C(F)(F)F)cccc2C(F)(F)F)cc(-n2c3ccc(-c4ccccc4C)cc3c3cc(-c4ccccc4C)ccc32)c1C#N. The summed E-state index contributed by atoms with van der Waals surface area (Å²) < 4.78 is 96.2. The highest BCUT2D eigenvalue weighted by Gasteiger charge is 2.41. The van der Waals surface area contributed by atoms with E-state index in [4.69, 9.17) is 0 Å². The Morgan fingerprint density at radius 1 is 0.342 bits per heavy atom. The molecule has 9 heteroatoms. The number of nitriles is 1. The van der Waals surface area contributed by atoms with E-state index in [0.717, 1.165) is 94.4 Å². The fraction of sp³-hybridized carbons (Fsp3) is 0.0896. The monoisotopic (exact) mass is 1010 g/mol. The van der Waals surface area contributed by atoms with Crippen LogP contribution in [0.2, 0.25) is 0 Å². The van der Waals surface area contributed by atoms with Crippen molar-refractivity contribution < 1.29 is 26.3 Å². The standard InChI is InChI=1S/C67H45F6N3/c1-39-14-5-9-18-48(39)43-24-28-59-52(32-43)53-33-44(49-19-10-6-15-40(49)2)25-29-60(53)75(59)63-36-47(65-57(66(68,69)70)22-13-23-58(65)67(71,72)73)37-64(56(63)38-74)76-61-30-26-45(50-20-11-7-16-41(50)3)34-54(61)55-35-46(27-31-62(55)76)51-21-12-8-17-42(51)4/h5-37H,1-4H3. The molecule has 12 aromatic rings. The molecule has 12 rings (SSSR count). The zero-order valence-corrected chi connectivity index (χ0v) is 41.7. The average Bonchev–Trinajstić information content (AvgIpc) is 3.93. The highest BCUT2D eigenvalue weighted by atomic mass is 19.4. The Morgan fingerprint density at radius 3 is 0.895 bits per heavy atom. The van der Waals surface area contributed by atoms with Crippen LogP contribution in [0.3, 0.4) is 0 Å². The van der Waals surface area contributed by atoms with Crippen LogP contribution >= 0.6 is 0 Å². The number of aryl methyl sites for hydroxylation is 4. The quantitative estimate of drug-likeness (QED) is 0.147. The van der Waals surface area contributed by atoms with E-state index < -0.39 is 29.0 Å². The lowest BCUT2D eigenvalue weighted by molar-refractivity contribution is -0.142. The molecule has 0 fully saturated rings. The molecule has 0 unspecified atom stereocenters. The molecule has 2 heterocycles. The zero-order chi connectivity index (χ0) is 52.8. The third kappa shape index (κ3) is 7.91. The molecule has 0 bridgehead atoms. The van der Waals surface area contributed by atoms with Gasteiger partial charge in [0, 0.05) is 27.1 Å². The first kappa shape index (κ1) is 47.8. The molecule has 0 atom stereocenters. The van der Waals surface area contributed by atoms with Gasteiger partial charge in [-0.1, -0.05) is 127 Å². The fourth-order valence-corrected chi connectivity index (χ4v) is 11.4. The van der Waals surface area contributed by atoms with Gasteiger partial charge in [-0.25, -0.2) is 0 Å². The molecule has 0 amide bonds. The number of fused-ring (bicyclic) bond motifs is 6. The van der Waals surface area contributed by atoms with Gasteiger partial charge in [0.15, 0.2) is 0 Å². The topological polar surface area (TPSA) is 33.6 Å². The minimum atomic E-state index is -5.19. The van der Waals surface area contributed by atoms with Crippen LogP contribution in [0.4, 0.5) is 26.3 Å². The van der Waals surface area contributed by atoms with E-state index in [9.17, 15) is 5.26 Å². The summed E-state index contributed by atoms with van der Waals surface area (Å²) in [6.45, 7) is 8.12. The van der Waals surface area contributed by atoms with Gasteiger partial charge < -0.3 is 9.13 Å². The molecule has 0 saturated carbocycles. The van der Waals surface area contributed by atoms with Crippen LogP contribution in [0.25, 0.3) is 111 Å². The van der Waals surface area contributed by atoms with Crippen LogP contribution in [-0.4, -0.2) is 9.13 Å². The third-order valence-electron chi connectivity index (χ3n) is 15.0. The highest BCUT2D eigenvalue weighted by molar-refractivity contribution is 6.14. The van der Waals surface area contributed by atoms with Crippen molar-refractivity contribution in [3.8, 4) is 73.1 Å². The molecule has 0 N–H and O–H groups in total. The summed E-state index contributed by atoms with van der Waals surface area (Å²) in [5.74, 6) is 0. The normalized spacial score (nSPS) is 12.1.